The molecule has 0 saturated heterocycles. The van der Waals surface area contributed by atoms with E-state index in [1.54, 1.807) is 5.56 Å². The van der Waals surface area contributed by atoms with Gasteiger partial charge in [-0.05, 0) is 31.4 Å². The van der Waals surface area contributed by atoms with E-state index in [0.717, 1.165) is 6.54 Å². The summed E-state index contributed by atoms with van der Waals surface area (Å²) in [6.07, 6.45) is 1.22. The van der Waals surface area contributed by atoms with Gasteiger partial charge in [0.25, 0.3) is 0 Å². The lowest BCUT2D eigenvalue weighted by molar-refractivity contribution is 0.164. The fourth-order valence-corrected chi connectivity index (χ4v) is 2.49. The van der Waals surface area contributed by atoms with Crippen LogP contribution in [0.3, 0.4) is 0 Å². The van der Waals surface area contributed by atoms with Gasteiger partial charge in [-0.15, -0.1) is 0 Å². The number of fused-ring (bicyclic) bond motifs is 1. The van der Waals surface area contributed by atoms with Crippen LogP contribution in [-0.4, -0.2) is 10.9 Å². The maximum atomic E-state index is 2.59. The Kier molecular flexibility index (Phi) is 2.60. The Morgan fingerprint density at radius 3 is 2.71 bits per heavy atom. The van der Waals surface area contributed by atoms with Crippen molar-refractivity contribution in [3.63, 3.8) is 0 Å². The highest BCUT2D eigenvalue weighted by molar-refractivity contribution is 5.34. The van der Waals surface area contributed by atoms with E-state index in [4.69, 9.17) is 0 Å². The molecule has 76 valence electrons. The maximum Gasteiger partial charge on any atom is 0.0354 e. The first-order chi connectivity index (χ1) is 6.74. The molecule has 1 aliphatic heterocycles. The lowest BCUT2D eigenvalue weighted by Crippen LogP contribution is -2.28. The molecule has 1 heterocycles. The molecule has 1 atom stereocenters. The van der Waals surface area contributed by atoms with Gasteiger partial charge < -0.3 is 0 Å². The van der Waals surface area contributed by atoms with Gasteiger partial charge in [0, 0.05) is 18.6 Å². The number of hydrogen-bond acceptors (Lipinski definition) is 1. The van der Waals surface area contributed by atoms with Crippen LogP contribution < -0.4 is 0 Å². The summed E-state index contributed by atoms with van der Waals surface area (Å²) >= 11 is 0. The Balaban J connectivity index is 2.34. The van der Waals surface area contributed by atoms with E-state index in [1.165, 1.54) is 12.0 Å². The van der Waals surface area contributed by atoms with Crippen LogP contribution in [0.1, 0.15) is 44.4 Å². The molecule has 14 heavy (non-hydrogen) atoms. The zero-order chi connectivity index (χ0) is 10.1. The van der Waals surface area contributed by atoms with Crippen molar-refractivity contribution in [3.05, 3.63) is 35.4 Å². The minimum absolute atomic E-state index is 0.645. The van der Waals surface area contributed by atoms with Gasteiger partial charge in [-0.3, -0.25) is 4.90 Å². The molecule has 2 rings (SSSR count). The summed E-state index contributed by atoms with van der Waals surface area (Å²) in [7, 11) is 0. The first kappa shape index (κ1) is 9.72. The van der Waals surface area contributed by atoms with Crippen LogP contribution in [0.4, 0.5) is 0 Å². The third kappa shape index (κ3) is 1.46. The van der Waals surface area contributed by atoms with E-state index in [1.807, 2.05) is 0 Å². The third-order valence-corrected chi connectivity index (χ3v) is 3.22. The van der Waals surface area contributed by atoms with Crippen molar-refractivity contribution in [2.75, 3.05) is 0 Å². The standard InChI is InChI=1S/C13H19N/c1-4-13-12-8-6-5-7-11(12)9-14(13)10(2)3/h5-8,10,13H,4,9H2,1-3H3/t13-/m1/s1. The van der Waals surface area contributed by atoms with Crippen LogP contribution in [0.25, 0.3) is 0 Å². The molecule has 1 aliphatic rings. The summed E-state index contributed by atoms with van der Waals surface area (Å²) < 4.78 is 0. The predicted octanol–water partition coefficient (Wildman–Crippen LogP) is 3.36. The second kappa shape index (κ2) is 3.74. The lowest BCUT2D eigenvalue weighted by atomic mass is 10.0. The molecule has 0 radical (unpaired) electrons. The molecule has 0 aliphatic carbocycles. The molecule has 1 nitrogen and oxygen atoms in total. The number of rotatable bonds is 2. The Labute approximate surface area is 86.7 Å². The van der Waals surface area contributed by atoms with Crippen molar-refractivity contribution in [1.29, 1.82) is 0 Å². The quantitative estimate of drug-likeness (QED) is 0.689. The molecule has 1 aromatic rings. The zero-order valence-electron chi connectivity index (χ0n) is 9.33. The van der Waals surface area contributed by atoms with E-state index in [9.17, 15) is 0 Å². The van der Waals surface area contributed by atoms with Crippen LogP contribution in [0, 0.1) is 0 Å². The van der Waals surface area contributed by atoms with Crippen molar-refractivity contribution in [2.24, 2.45) is 0 Å². The molecule has 0 aromatic heterocycles. The number of nitrogens with zero attached hydrogens (tertiary/aromatic N) is 1. The van der Waals surface area contributed by atoms with Gasteiger partial charge in [-0.25, -0.2) is 0 Å². The predicted molar refractivity (Wildman–Crippen MR) is 60.2 cm³/mol. The fraction of sp³-hybridized carbons (Fsp3) is 0.538. The van der Waals surface area contributed by atoms with Gasteiger partial charge in [-0.1, -0.05) is 31.2 Å². The van der Waals surface area contributed by atoms with Crippen LogP contribution in [0.15, 0.2) is 24.3 Å². The van der Waals surface area contributed by atoms with Crippen molar-refractivity contribution < 1.29 is 0 Å². The third-order valence-electron chi connectivity index (χ3n) is 3.22. The highest BCUT2D eigenvalue weighted by Gasteiger charge is 2.29. The molecule has 0 bridgehead atoms. The molecule has 0 amide bonds. The summed E-state index contributed by atoms with van der Waals surface area (Å²) in [5, 5.41) is 0. The van der Waals surface area contributed by atoms with Crippen molar-refractivity contribution in [1.82, 2.24) is 4.90 Å². The van der Waals surface area contributed by atoms with Gasteiger partial charge in [0.05, 0.1) is 0 Å². The topological polar surface area (TPSA) is 3.24 Å². The number of hydrogen-bond donors (Lipinski definition) is 0. The Morgan fingerprint density at radius 2 is 2.07 bits per heavy atom. The van der Waals surface area contributed by atoms with Crippen LogP contribution in [-0.2, 0) is 6.54 Å². The van der Waals surface area contributed by atoms with E-state index < -0.39 is 0 Å². The summed E-state index contributed by atoms with van der Waals surface area (Å²) in [6.45, 7) is 7.98. The minimum Gasteiger partial charge on any atom is -0.290 e. The Hall–Kier alpha value is -0.820. The Bertz CT molecular complexity index is 317. The van der Waals surface area contributed by atoms with E-state index >= 15 is 0 Å². The smallest absolute Gasteiger partial charge is 0.0354 e. The summed E-state index contributed by atoms with van der Waals surface area (Å²) in [5.41, 5.74) is 3.07. The molecule has 1 heteroatoms. The average Bonchev–Trinajstić information content (AvgIpc) is 2.56. The summed E-state index contributed by atoms with van der Waals surface area (Å²) in [4.78, 5) is 2.59. The van der Waals surface area contributed by atoms with E-state index in [-0.39, 0.29) is 0 Å². The number of benzene rings is 1. The minimum atomic E-state index is 0.645. The van der Waals surface area contributed by atoms with Gasteiger partial charge in [0.15, 0.2) is 0 Å². The lowest BCUT2D eigenvalue weighted by Gasteiger charge is -2.27. The van der Waals surface area contributed by atoms with Gasteiger partial charge in [0.1, 0.15) is 0 Å². The van der Waals surface area contributed by atoms with E-state index in [0.29, 0.717) is 12.1 Å². The van der Waals surface area contributed by atoms with Crippen LogP contribution >= 0.6 is 0 Å². The maximum absolute atomic E-state index is 2.59. The monoisotopic (exact) mass is 189 g/mol. The highest BCUT2D eigenvalue weighted by atomic mass is 15.2. The zero-order valence-corrected chi connectivity index (χ0v) is 9.33. The van der Waals surface area contributed by atoms with Crippen molar-refractivity contribution in [3.8, 4) is 0 Å². The first-order valence-corrected chi connectivity index (χ1v) is 5.57. The fourth-order valence-electron chi connectivity index (χ4n) is 2.49. The van der Waals surface area contributed by atoms with Crippen molar-refractivity contribution in [2.45, 2.75) is 45.8 Å². The molecule has 0 spiro atoms. The van der Waals surface area contributed by atoms with Gasteiger partial charge >= 0.3 is 0 Å². The van der Waals surface area contributed by atoms with Gasteiger partial charge in [0.2, 0.25) is 0 Å². The average molecular weight is 189 g/mol. The summed E-state index contributed by atoms with van der Waals surface area (Å²) in [6, 6.07) is 10.1. The molecular weight excluding hydrogens is 170 g/mol. The first-order valence-electron chi connectivity index (χ1n) is 5.57. The second-order valence-electron chi connectivity index (χ2n) is 4.39. The second-order valence-corrected chi connectivity index (χ2v) is 4.39. The van der Waals surface area contributed by atoms with Crippen molar-refractivity contribution >= 4 is 0 Å². The molecular formula is C13H19N. The molecule has 0 N–H and O–H groups in total. The highest BCUT2D eigenvalue weighted by Crippen LogP contribution is 2.36. The molecule has 0 fully saturated rings. The summed E-state index contributed by atoms with van der Waals surface area (Å²) in [5.74, 6) is 0. The largest absolute Gasteiger partial charge is 0.290 e. The Morgan fingerprint density at radius 1 is 1.36 bits per heavy atom. The SMILES string of the molecule is CC[C@@H]1c2ccccc2CN1C(C)C. The molecule has 0 saturated carbocycles. The van der Waals surface area contributed by atoms with E-state index in [2.05, 4.69) is 49.9 Å². The normalized spacial score (nSPS) is 21.6. The van der Waals surface area contributed by atoms with Gasteiger partial charge in [-0.2, -0.15) is 0 Å². The molecule has 0 unspecified atom stereocenters. The van der Waals surface area contributed by atoms with Crippen LogP contribution in [0.2, 0.25) is 0 Å². The molecule has 1 aromatic carbocycles. The van der Waals surface area contributed by atoms with Crippen LogP contribution in [0.5, 0.6) is 0 Å².